The lowest BCUT2D eigenvalue weighted by molar-refractivity contribution is -0.193. The molecule has 5 rings (SSSR count). The van der Waals surface area contributed by atoms with Crippen molar-refractivity contribution in [2.24, 2.45) is 34.0 Å². The maximum absolute atomic E-state index is 12.9. The molecule has 0 aliphatic heterocycles. The van der Waals surface area contributed by atoms with Gasteiger partial charge >= 0.3 is 5.97 Å². The highest BCUT2D eigenvalue weighted by molar-refractivity contribution is 5.89. The number of rotatable bonds is 2. The van der Waals surface area contributed by atoms with E-state index in [1.807, 2.05) is 30.3 Å². The number of esters is 1. The molecule has 0 radical (unpaired) electrons. The van der Waals surface area contributed by atoms with Crippen LogP contribution in [0.25, 0.3) is 0 Å². The fraction of sp³-hybridized carbons (Fsp3) is 0.741. The molecule has 2 bridgehead atoms. The fourth-order valence-electron chi connectivity index (χ4n) is 8.88. The molecule has 164 valence electrons. The minimum absolute atomic E-state index is 0.0245. The molecule has 1 aromatic rings. The van der Waals surface area contributed by atoms with Crippen molar-refractivity contribution in [2.45, 2.75) is 90.8 Å². The lowest BCUT2D eigenvalue weighted by atomic mass is 9.39. The van der Waals surface area contributed by atoms with E-state index in [0.29, 0.717) is 22.8 Å². The normalized spacial score (nSPS) is 46.6. The molecule has 30 heavy (non-hydrogen) atoms. The third-order valence-corrected chi connectivity index (χ3v) is 10.3. The van der Waals surface area contributed by atoms with Crippen LogP contribution in [0.5, 0.6) is 0 Å². The van der Waals surface area contributed by atoms with Crippen molar-refractivity contribution in [1.82, 2.24) is 0 Å². The summed E-state index contributed by atoms with van der Waals surface area (Å²) in [6.07, 6.45) is 8.89. The lowest BCUT2D eigenvalue weighted by Gasteiger charge is -2.66. The summed E-state index contributed by atoms with van der Waals surface area (Å²) in [5.74, 6) is 1.63. The zero-order valence-electron chi connectivity index (χ0n) is 19.1. The number of fused-ring (bicyclic) bond motifs is 2. The highest BCUT2D eigenvalue weighted by atomic mass is 16.5. The Morgan fingerprint density at radius 3 is 2.43 bits per heavy atom. The maximum atomic E-state index is 12.9. The van der Waals surface area contributed by atoms with Gasteiger partial charge in [-0.2, -0.15) is 0 Å². The van der Waals surface area contributed by atoms with E-state index in [9.17, 15) is 9.90 Å². The number of ether oxygens (including phenoxy) is 1. The summed E-state index contributed by atoms with van der Waals surface area (Å²) in [6.45, 7) is 9.40. The molecule has 7 atom stereocenters. The predicted molar refractivity (Wildman–Crippen MR) is 118 cm³/mol. The summed E-state index contributed by atoms with van der Waals surface area (Å²) < 4.78 is 6.16. The molecule has 0 saturated heterocycles. The average Bonchev–Trinajstić information content (AvgIpc) is 3.03. The Balaban J connectivity index is 1.46. The molecular formula is C27H38O3. The SMILES string of the molecule is CC1(C)C[C@H](OC(=O)c2ccccc2)C[C@@]2(C)[C@H]1CC[C@H]1C[C@H]3C[C@]12CC[C@]3(C)O. The van der Waals surface area contributed by atoms with Gasteiger partial charge in [0.2, 0.25) is 0 Å². The molecule has 0 heterocycles. The molecule has 1 aromatic carbocycles. The summed E-state index contributed by atoms with van der Waals surface area (Å²) in [5.41, 5.74) is 0.782. The molecule has 3 heteroatoms. The first-order valence-corrected chi connectivity index (χ1v) is 12.1. The number of hydrogen-bond acceptors (Lipinski definition) is 3. The fourth-order valence-corrected chi connectivity index (χ4v) is 8.88. The van der Waals surface area contributed by atoms with Gasteiger partial charge in [0.25, 0.3) is 0 Å². The summed E-state index contributed by atoms with van der Waals surface area (Å²) in [5, 5.41) is 11.0. The highest BCUT2D eigenvalue weighted by Gasteiger charge is 2.69. The van der Waals surface area contributed by atoms with Crippen molar-refractivity contribution < 1.29 is 14.6 Å². The Bertz CT molecular complexity index is 828. The van der Waals surface area contributed by atoms with E-state index in [-0.39, 0.29) is 22.9 Å². The van der Waals surface area contributed by atoms with Crippen molar-refractivity contribution in [1.29, 1.82) is 0 Å². The first-order chi connectivity index (χ1) is 14.1. The Morgan fingerprint density at radius 2 is 1.70 bits per heavy atom. The second-order valence-electron chi connectivity index (χ2n) is 12.2. The smallest absolute Gasteiger partial charge is 0.338 e. The molecule has 4 aliphatic carbocycles. The average molecular weight is 411 g/mol. The van der Waals surface area contributed by atoms with Gasteiger partial charge in [-0.05, 0) is 104 Å². The van der Waals surface area contributed by atoms with E-state index in [1.54, 1.807) is 0 Å². The number of carbonyl (C=O) groups excluding carboxylic acids is 1. The molecule has 0 aromatic heterocycles. The Hall–Kier alpha value is -1.35. The molecule has 1 spiro atoms. The van der Waals surface area contributed by atoms with Crippen LogP contribution in [0.1, 0.15) is 89.4 Å². The monoisotopic (exact) mass is 410 g/mol. The molecule has 4 fully saturated rings. The van der Waals surface area contributed by atoms with Gasteiger partial charge in [0.15, 0.2) is 0 Å². The van der Waals surface area contributed by atoms with E-state index in [2.05, 4.69) is 27.7 Å². The largest absolute Gasteiger partial charge is 0.459 e. The molecule has 0 amide bonds. The standard InChI is InChI=1S/C27H38O3/c1-24(2)16-21(30-23(28)18-8-6-5-7-9-18)17-25(3)22(24)11-10-19-14-20-15-27(19,25)13-12-26(20,4)29/h5-9,19-22,29H,10-17H2,1-4H3/t19-,20-,21-,22-,25-,26-,27+/m0/s1. The second kappa shape index (κ2) is 6.58. The van der Waals surface area contributed by atoms with Gasteiger partial charge in [0.05, 0.1) is 11.2 Å². The summed E-state index contributed by atoms with van der Waals surface area (Å²) in [6, 6.07) is 9.43. The molecular weight excluding hydrogens is 372 g/mol. The lowest BCUT2D eigenvalue weighted by Crippen LogP contribution is -2.60. The maximum Gasteiger partial charge on any atom is 0.338 e. The van der Waals surface area contributed by atoms with Crippen LogP contribution in [0.2, 0.25) is 0 Å². The van der Waals surface area contributed by atoms with Gasteiger partial charge in [-0.15, -0.1) is 0 Å². The minimum atomic E-state index is -0.502. The summed E-state index contributed by atoms with van der Waals surface area (Å²) in [4.78, 5) is 12.9. The zero-order valence-corrected chi connectivity index (χ0v) is 19.1. The van der Waals surface area contributed by atoms with Crippen LogP contribution in [-0.2, 0) is 4.74 Å². The van der Waals surface area contributed by atoms with Gasteiger partial charge in [0.1, 0.15) is 6.10 Å². The third-order valence-electron chi connectivity index (χ3n) is 10.3. The Morgan fingerprint density at radius 1 is 0.967 bits per heavy atom. The topological polar surface area (TPSA) is 46.5 Å². The summed E-state index contributed by atoms with van der Waals surface area (Å²) >= 11 is 0. The van der Waals surface area contributed by atoms with Crippen molar-refractivity contribution in [3.05, 3.63) is 35.9 Å². The quantitative estimate of drug-likeness (QED) is 0.608. The van der Waals surface area contributed by atoms with Crippen LogP contribution in [-0.4, -0.2) is 22.8 Å². The van der Waals surface area contributed by atoms with E-state index in [0.717, 1.165) is 38.0 Å². The predicted octanol–water partition coefficient (Wildman–Crippen LogP) is 6.01. The van der Waals surface area contributed by atoms with Crippen molar-refractivity contribution >= 4 is 5.97 Å². The Labute approximate surface area is 181 Å². The zero-order chi connectivity index (χ0) is 21.4. The molecule has 4 aliphatic rings. The summed E-state index contributed by atoms with van der Waals surface area (Å²) in [7, 11) is 0. The van der Waals surface area contributed by atoms with Crippen molar-refractivity contribution in [3.63, 3.8) is 0 Å². The van der Waals surface area contributed by atoms with Crippen molar-refractivity contribution in [2.75, 3.05) is 0 Å². The number of carbonyl (C=O) groups is 1. The van der Waals surface area contributed by atoms with Crippen LogP contribution >= 0.6 is 0 Å². The van der Waals surface area contributed by atoms with E-state index in [4.69, 9.17) is 4.74 Å². The Kier molecular flexibility index (Phi) is 4.50. The van der Waals surface area contributed by atoms with Gasteiger partial charge in [0, 0.05) is 0 Å². The van der Waals surface area contributed by atoms with Crippen LogP contribution in [0.4, 0.5) is 0 Å². The minimum Gasteiger partial charge on any atom is -0.459 e. The van der Waals surface area contributed by atoms with Crippen LogP contribution < -0.4 is 0 Å². The van der Waals surface area contributed by atoms with E-state index < -0.39 is 5.60 Å². The van der Waals surface area contributed by atoms with Gasteiger partial charge in [-0.3, -0.25) is 0 Å². The van der Waals surface area contributed by atoms with Crippen LogP contribution in [0, 0.1) is 34.0 Å². The van der Waals surface area contributed by atoms with Gasteiger partial charge in [-0.25, -0.2) is 4.79 Å². The number of hydrogen-bond donors (Lipinski definition) is 1. The third kappa shape index (κ3) is 2.83. The second-order valence-corrected chi connectivity index (χ2v) is 12.2. The number of benzene rings is 1. The molecule has 3 nitrogen and oxygen atoms in total. The highest BCUT2D eigenvalue weighted by Crippen LogP contribution is 2.75. The van der Waals surface area contributed by atoms with Crippen LogP contribution in [0.3, 0.4) is 0 Å². The van der Waals surface area contributed by atoms with E-state index in [1.165, 1.54) is 19.3 Å². The van der Waals surface area contributed by atoms with E-state index >= 15 is 0 Å². The van der Waals surface area contributed by atoms with Crippen LogP contribution in [0.15, 0.2) is 30.3 Å². The van der Waals surface area contributed by atoms with Crippen molar-refractivity contribution in [3.8, 4) is 0 Å². The molecule has 4 saturated carbocycles. The van der Waals surface area contributed by atoms with Gasteiger partial charge < -0.3 is 9.84 Å². The molecule has 1 N–H and O–H groups in total. The number of aliphatic hydroxyl groups is 1. The van der Waals surface area contributed by atoms with Gasteiger partial charge in [-0.1, -0.05) is 39.0 Å². The molecule has 0 unspecified atom stereocenters. The first-order valence-electron chi connectivity index (χ1n) is 12.1. The first kappa shape index (κ1) is 20.5.